The van der Waals surface area contributed by atoms with Crippen LogP contribution in [0.15, 0.2) is 0 Å². The molecule has 0 unspecified atom stereocenters. The Bertz CT molecular complexity index is 266. The summed E-state index contributed by atoms with van der Waals surface area (Å²) in [6, 6.07) is 0. The largest absolute Gasteiger partial charge is 0.311 e. The van der Waals surface area contributed by atoms with Gasteiger partial charge < -0.3 is 5.32 Å². The van der Waals surface area contributed by atoms with Gasteiger partial charge in [0.05, 0.1) is 11.4 Å². The lowest BCUT2D eigenvalue weighted by atomic mass is 10.2. The van der Waals surface area contributed by atoms with E-state index in [1.54, 1.807) is 0 Å². The zero-order valence-electron chi connectivity index (χ0n) is 7.38. The third-order valence-electron chi connectivity index (χ3n) is 2.18. The Hall–Kier alpha value is -0.900. The normalized spacial score (nSPS) is 16.1. The Kier molecular flexibility index (Phi) is 2.08. The fraction of sp³-hybridized carbons (Fsp3) is 0.750. The van der Waals surface area contributed by atoms with Crippen molar-refractivity contribution in [3.05, 3.63) is 11.4 Å². The van der Waals surface area contributed by atoms with E-state index in [-0.39, 0.29) is 0 Å². The van der Waals surface area contributed by atoms with E-state index in [9.17, 15) is 0 Å². The first-order valence-electron chi connectivity index (χ1n) is 4.53. The molecule has 1 aromatic heterocycles. The highest BCUT2D eigenvalue weighted by Crippen LogP contribution is 2.09. The van der Waals surface area contributed by atoms with Crippen LogP contribution in [-0.2, 0) is 19.5 Å². The van der Waals surface area contributed by atoms with Gasteiger partial charge in [-0.2, -0.15) is 0 Å². The highest BCUT2D eigenvalue weighted by atomic mass is 15.4. The van der Waals surface area contributed by atoms with Crippen LogP contribution in [0.3, 0.4) is 0 Å². The lowest BCUT2D eigenvalue weighted by Crippen LogP contribution is -2.25. The zero-order chi connectivity index (χ0) is 8.39. The van der Waals surface area contributed by atoms with E-state index in [1.165, 1.54) is 11.4 Å². The van der Waals surface area contributed by atoms with Crippen molar-refractivity contribution in [1.29, 1.82) is 0 Å². The second-order valence-electron chi connectivity index (χ2n) is 3.13. The third kappa shape index (κ3) is 1.22. The second-order valence-corrected chi connectivity index (χ2v) is 3.13. The van der Waals surface area contributed by atoms with Crippen LogP contribution < -0.4 is 5.32 Å². The van der Waals surface area contributed by atoms with E-state index in [1.807, 2.05) is 4.68 Å². The summed E-state index contributed by atoms with van der Waals surface area (Å²) in [6.45, 7) is 5.12. The maximum absolute atomic E-state index is 4.15. The third-order valence-corrected chi connectivity index (χ3v) is 2.18. The predicted octanol–water partition coefficient (Wildman–Crippen LogP) is 0.334. The molecular weight excluding hydrogens is 152 g/mol. The summed E-state index contributed by atoms with van der Waals surface area (Å²) in [6.07, 6.45) is 2.15. The SMILES string of the molecule is CCCn1nnc2c1CNCC2. The van der Waals surface area contributed by atoms with Crippen LogP contribution in [-0.4, -0.2) is 21.5 Å². The summed E-state index contributed by atoms with van der Waals surface area (Å²) in [7, 11) is 0. The highest BCUT2D eigenvalue weighted by Gasteiger charge is 2.15. The second kappa shape index (κ2) is 3.23. The fourth-order valence-corrected chi connectivity index (χ4v) is 1.56. The molecule has 0 aliphatic carbocycles. The predicted molar refractivity (Wildman–Crippen MR) is 45.7 cm³/mol. The molecular formula is C8H14N4. The quantitative estimate of drug-likeness (QED) is 0.688. The summed E-state index contributed by atoms with van der Waals surface area (Å²) in [4.78, 5) is 0. The van der Waals surface area contributed by atoms with Crippen molar-refractivity contribution in [2.75, 3.05) is 6.54 Å². The van der Waals surface area contributed by atoms with Gasteiger partial charge in [0, 0.05) is 26.1 Å². The van der Waals surface area contributed by atoms with Crippen LogP contribution in [0, 0.1) is 0 Å². The minimum absolute atomic E-state index is 0.933. The van der Waals surface area contributed by atoms with Gasteiger partial charge in [0.25, 0.3) is 0 Å². The van der Waals surface area contributed by atoms with Gasteiger partial charge in [-0.15, -0.1) is 5.10 Å². The molecule has 66 valence electrons. The summed E-state index contributed by atoms with van der Waals surface area (Å²) in [5.74, 6) is 0. The average Bonchev–Trinajstić information content (AvgIpc) is 2.50. The van der Waals surface area contributed by atoms with Crippen LogP contribution in [0.25, 0.3) is 0 Å². The Morgan fingerprint density at radius 3 is 3.33 bits per heavy atom. The summed E-state index contributed by atoms with van der Waals surface area (Å²) >= 11 is 0. The van der Waals surface area contributed by atoms with Gasteiger partial charge in [0.2, 0.25) is 0 Å². The minimum Gasteiger partial charge on any atom is -0.311 e. The maximum atomic E-state index is 4.15. The lowest BCUT2D eigenvalue weighted by molar-refractivity contribution is 0.529. The molecule has 4 nitrogen and oxygen atoms in total. The molecule has 0 saturated heterocycles. The van der Waals surface area contributed by atoms with Crippen LogP contribution in [0.5, 0.6) is 0 Å². The smallest absolute Gasteiger partial charge is 0.0885 e. The molecule has 1 N–H and O–H groups in total. The fourth-order valence-electron chi connectivity index (χ4n) is 1.56. The topological polar surface area (TPSA) is 42.7 Å². The van der Waals surface area contributed by atoms with Gasteiger partial charge in [-0.3, -0.25) is 0 Å². The number of fused-ring (bicyclic) bond motifs is 1. The molecule has 2 rings (SSSR count). The van der Waals surface area contributed by atoms with Gasteiger partial charge >= 0.3 is 0 Å². The number of nitrogens with zero attached hydrogens (tertiary/aromatic N) is 3. The van der Waals surface area contributed by atoms with Crippen LogP contribution in [0.2, 0.25) is 0 Å². The van der Waals surface area contributed by atoms with Crippen molar-refractivity contribution in [3.63, 3.8) is 0 Å². The number of aryl methyl sites for hydroxylation is 1. The molecule has 0 saturated carbocycles. The molecule has 1 aliphatic rings. The molecule has 0 radical (unpaired) electrons. The van der Waals surface area contributed by atoms with Gasteiger partial charge in [0.1, 0.15) is 0 Å². The number of rotatable bonds is 2. The maximum Gasteiger partial charge on any atom is 0.0885 e. The first kappa shape index (κ1) is 7.73. The molecule has 4 heteroatoms. The summed E-state index contributed by atoms with van der Waals surface area (Å²) in [5, 5.41) is 11.6. The number of nitrogens with one attached hydrogen (secondary N) is 1. The Labute approximate surface area is 72.0 Å². The van der Waals surface area contributed by atoms with E-state index < -0.39 is 0 Å². The van der Waals surface area contributed by atoms with Crippen molar-refractivity contribution >= 4 is 0 Å². The van der Waals surface area contributed by atoms with E-state index in [0.29, 0.717) is 0 Å². The number of aromatic nitrogens is 3. The zero-order valence-corrected chi connectivity index (χ0v) is 7.38. The van der Waals surface area contributed by atoms with E-state index >= 15 is 0 Å². The first-order valence-corrected chi connectivity index (χ1v) is 4.53. The Balaban J connectivity index is 2.25. The molecule has 1 aliphatic heterocycles. The van der Waals surface area contributed by atoms with Crippen molar-refractivity contribution in [1.82, 2.24) is 20.3 Å². The van der Waals surface area contributed by atoms with Crippen LogP contribution >= 0.6 is 0 Å². The molecule has 0 spiro atoms. The van der Waals surface area contributed by atoms with E-state index in [0.717, 1.165) is 32.5 Å². The molecule has 0 aromatic carbocycles. The average molecular weight is 166 g/mol. The minimum atomic E-state index is 0.933. The van der Waals surface area contributed by atoms with Crippen molar-refractivity contribution < 1.29 is 0 Å². The monoisotopic (exact) mass is 166 g/mol. The van der Waals surface area contributed by atoms with Gasteiger partial charge in [-0.05, 0) is 6.42 Å². The molecule has 12 heavy (non-hydrogen) atoms. The van der Waals surface area contributed by atoms with Crippen molar-refractivity contribution in [2.24, 2.45) is 0 Å². The number of hydrogen-bond acceptors (Lipinski definition) is 3. The molecule has 2 heterocycles. The van der Waals surface area contributed by atoms with Gasteiger partial charge in [-0.25, -0.2) is 4.68 Å². The Morgan fingerprint density at radius 2 is 2.50 bits per heavy atom. The molecule has 0 atom stereocenters. The van der Waals surface area contributed by atoms with Crippen molar-refractivity contribution in [2.45, 2.75) is 32.9 Å². The standard InChI is InChI=1S/C8H14N4/c1-2-5-12-8-6-9-4-3-7(8)10-11-12/h9H,2-6H2,1H3. The molecule has 0 amide bonds. The molecule has 0 fully saturated rings. The molecule has 0 bridgehead atoms. The van der Waals surface area contributed by atoms with Crippen molar-refractivity contribution in [3.8, 4) is 0 Å². The number of hydrogen-bond donors (Lipinski definition) is 1. The van der Waals surface area contributed by atoms with Crippen LogP contribution in [0.1, 0.15) is 24.7 Å². The summed E-state index contributed by atoms with van der Waals surface area (Å²) < 4.78 is 2.02. The first-order chi connectivity index (χ1) is 5.92. The van der Waals surface area contributed by atoms with E-state index in [4.69, 9.17) is 0 Å². The van der Waals surface area contributed by atoms with Crippen LogP contribution in [0.4, 0.5) is 0 Å². The van der Waals surface area contributed by atoms with Gasteiger partial charge in [0.15, 0.2) is 0 Å². The molecule has 1 aromatic rings. The highest BCUT2D eigenvalue weighted by molar-refractivity contribution is 5.13. The van der Waals surface area contributed by atoms with E-state index in [2.05, 4.69) is 22.6 Å². The Morgan fingerprint density at radius 1 is 1.58 bits per heavy atom. The summed E-state index contributed by atoms with van der Waals surface area (Å²) in [5.41, 5.74) is 2.46. The lowest BCUT2D eigenvalue weighted by Gasteiger charge is -2.12. The van der Waals surface area contributed by atoms with Gasteiger partial charge in [-0.1, -0.05) is 12.1 Å².